The van der Waals surface area contributed by atoms with Crippen molar-refractivity contribution in [1.82, 2.24) is 5.32 Å². The Hall–Kier alpha value is -1.26. The Morgan fingerprint density at radius 3 is 2.56 bits per heavy atom. The number of nitrogens with one attached hydrogen (secondary N) is 1. The van der Waals surface area contributed by atoms with Crippen LogP contribution in [0.25, 0.3) is 0 Å². The van der Waals surface area contributed by atoms with Crippen molar-refractivity contribution in [3.05, 3.63) is 0 Å². The minimum absolute atomic E-state index is 0.0185. The Morgan fingerprint density at radius 1 is 1.50 bits per heavy atom. The Morgan fingerprint density at radius 2 is 2.12 bits per heavy atom. The number of rotatable bonds is 7. The fourth-order valence-corrected chi connectivity index (χ4v) is 1.46. The molecule has 0 radical (unpaired) electrons. The number of amides is 1. The third-order valence-corrected chi connectivity index (χ3v) is 2.69. The number of hydrogen-bond donors (Lipinski definition) is 3. The second kappa shape index (κ2) is 7.96. The molecule has 1 amide bonds. The van der Waals surface area contributed by atoms with Gasteiger partial charge in [0.05, 0.1) is 6.04 Å². The van der Waals surface area contributed by atoms with E-state index < -0.39 is 6.04 Å². The van der Waals surface area contributed by atoms with Gasteiger partial charge in [0.25, 0.3) is 0 Å². The van der Waals surface area contributed by atoms with Gasteiger partial charge in [-0.2, -0.15) is 0 Å². The van der Waals surface area contributed by atoms with Crippen molar-refractivity contribution in [3.63, 3.8) is 0 Å². The van der Waals surface area contributed by atoms with Crippen molar-refractivity contribution in [2.45, 2.75) is 52.5 Å². The van der Waals surface area contributed by atoms with E-state index in [0.717, 1.165) is 25.7 Å². The third kappa shape index (κ3) is 5.00. The standard InChI is InChI=1S/C11H23N3O2/c1-4-6-7-9(5-2)11(15)13-8(3)10(12)14-16/h8-9,16H,4-7H2,1-3H3,(H2,12,14)(H,13,15). The minimum atomic E-state index is -0.423. The van der Waals surface area contributed by atoms with E-state index in [4.69, 9.17) is 10.9 Å². The van der Waals surface area contributed by atoms with Crippen molar-refractivity contribution >= 4 is 11.7 Å². The average Bonchev–Trinajstić information content (AvgIpc) is 2.28. The largest absolute Gasteiger partial charge is 0.409 e. The highest BCUT2D eigenvalue weighted by Gasteiger charge is 2.19. The molecule has 0 heterocycles. The number of oxime groups is 1. The zero-order valence-electron chi connectivity index (χ0n) is 10.4. The topological polar surface area (TPSA) is 87.7 Å². The van der Waals surface area contributed by atoms with Gasteiger partial charge < -0.3 is 16.3 Å². The van der Waals surface area contributed by atoms with Crippen LogP contribution in [0.4, 0.5) is 0 Å². The summed E-state index contributed by atoms with van der Waals surface area (Å²) in [6, 6.07) is -0.423. The number of carbonyl (C=O) groups excluding carboxylic acids is 1. The highest BCUT2D eigenvalue weighted by atomic mass is 16.4. The van der Waals surface area contributed by atoms with Crippen molar-refractivity contribution < 1.29 is 10.0 Å². The molecule has 0 aliphatic heterocycles. The first-order valence-electron chi connectivity index (χ1n) is 5.84. The molecule has 0 saturated carbocycles. The molecule has 94 valence electrons. The minimum Gasteiger partial charge on any atom is -0.409 e. The molecule has 5 nitrogen and oxygen atoms in total. The molecule has 0 aromatic rings. The van der Waals surface area contributed by atoms with Crippen LogP contribution < -0.4 is 11.1 Å². The van der Waals surface area contributed by atoms with E-state index in [9.17, 15) is 4.79 Å². The number of carbonyl (C=O) groups is 1. The molecule has 5 heteroatoms. The lowest BCUT2D eigenvalue weighted by Crippen LogP contribution is -2.44. The second-order valence-corrected chi connectivity index (χ2v) is 4.00. The molecular formula is C11H23N3O2. The molecule has 2 atom stereocenters. The normalized spacial score (nSPS) is 15.6. The van der Waals surface area contributed by atoms with Crippen molar-refractivity contribution in [3.8, 4) is 0 Å². The summed E-state index contributed by atoms with van der Waals surface area (Å²) in [5.74, 6) is 0.0302. The summed E-state index contributed by atoms with van der Waals surface area (Å²) in [5.41, 5.74) is 5.39. The summed E-state index contributed by atoms with van der Waals surface area (Å²) in [4.78, 5) is 11.8. The molecule has 0 aliphatic carbocycles. The number of unbranched alkanes of at least 4 members (excludes halogenated alkanes) is 1. The van der Waals surface area contributed by atoms with Crippen molar-refractivity contribution in [1.29, 1.82) is 0 Å². The summed E-state index contributed by atoms with van der Waals surface area (Å²) < 4.78 is 0. The van der Waals surface area contributed by atoms with Gasteiger partial charge in [-0.25, -0.2) is 0 Å². The van der Waals surface area contributed by atoms with Crippen LogP contribution >= 0.6 is 0 Å². The van der Waals surface area contributed by atoms with Gasteiger partial charge >= 0.3 is 0 Å². The molecule has 0 rings (SSSR count). The molecule has 0 aromatic heterocycles. The van der Waals surface area contributed by atoms with E-state index in [1.165, 1.54) is 0 Å². The molecule has 0 aliphatic rings. The lowest BCUT2D eigenvalue weighted by atomic mass is 9.98. The molecule has 2 unspecified atom stereocenters. The predicted octanol–water partition coefficient (Wildman–Crippen LogP) is 1.45. The maximum absolute atomic E-state index is 11.8. The van der Waals surface area contributed by atoms with E-state index in [-0.39, 0.29) is 17.7 Å². The van der Waals surface area contributed by atoms with Gasteiger partial charge in [0, 0.05) is 5.92 Å². The molecule has 0 spiro atoms. The summed E-state index contributed by atoms with van der Waals surface area (Å²) in [7, 11) is 0. The molecule has 0 saturated heterocycles. The predicted molar refractivity (Wildman–Crippen MR) is 64.3 cm³/mol. The number of hydrogen-bond acceptors (Lipinski definition) is 3. The maximum Gasteiger partial charge on any atom is 0.223 e. The summed E-state index contributed by atoms with van der Waals surface area (Å²) >= 11 is 0. The SMILES string of the molecule is CCCCC(CC)C(=O)NC(C)/C(N)=N/O. The van der Waals surface area contributed by atoms with E-state index in [1.807, 2.05) is 6.92 Å². The molecule has 16 heavy (non-hydrogen) atoms. The van der Waals surface area contributed by atoms with Crippen LogP contribution in [0.2, 0.25) is 0 Å². The van der Waals surface area contributed by atoms with E-state index in [0.29, 0.717) is 0 Å². The van der Waals surface area contributed by atoms with Crippen LogP contribution in [-0.4, -0.2) is 23.0 Å². The monoisotopic (exact) mass is 229 g/mol. The zero-order valence-corrected chi connectivity index (χ0v) is 10.4. The van der Waals surface area contributed by atoms with Crippen LogP contribution in [0.1, 0.15) is 46.5 Å². The lowest BCUT2D eigenvalue weighted by Gasteiger charge is -2.18. The van der Waals surface area contributed by atoms with Gasteiger partial charge in [0.15, 0.2) is 5.84 Å². The Kier molecular flexibility index (Phi) is 7.33. The van der Waals surface area contributed by atoms with E-state index >= 15 is 0 Å². The van der Waals surface area contributed by atoms with Gasteiger partial charge in [-0.05, 0) is 19.8 Å². The van der Waals surface area contributed by atoms with Crippen LogP contribution in [0.15, 0.2) is 5.16 Å². The first kappa shape index (κ1) is 14.7. The van der Waals surface area contributed by atoms with Crippen LogP contribution in [0.3, 0.4) is 0 Å². The molecular weight excluding hydrogens is 206 g/mol. The molecule has 0 bridgehead atoms. The smallest absolute Gasteiger partial charge is 0.223 e. The molecule has 0 aromatic carbocycles. The van der Waals surface area contributed by atoms with Gasteiger partial charge in [0.1, 0.15) is 0 Å². The van der Waals surface area contributed by atoms with Gasteiger partial charge in [-0.1, -0.05) is 31.8 Å². The van der Waals surface area contributed by atoms with Gasteiger partial charge in [0.2, 0.25) is 5.91 Å². The van der Waals surface area contributed by atoms with Gasteiger partial charge in [-0.15, -0.1) is 0 Å². The number of amidine groups is 1. The Balaban J connectivity index is 4.20. The van der Waals surface area contributed by atoms with Crippen LogP contribution in [0, 0.1) is 5.92 Å². The molecule has 0 fully saturated rings. The quantitative estimate of drug-likeness (QED) is 0.267. The van der Waals surface area contributed by atoms with Crippen molar-refractivity contribution in [2.75, 3.05) is 0 Å². The lowest BCUT2D eigenvalue weighted by molar-refractivity contribution is -0.125. The zero-order chi connectivity index (χ0) is 12.6. The van der Waals surface area contributed by atoms with E-state index in [1.54, 1.807) is 6.92 Å². The second-order valence-electron chi connectivity index (χ2n) is 4.00. The number of nitrogens with two attached hydrogens (primary N) is 1. The van der Waals surface area contributed by atoms with Crippen LogP contribution in [-0.2, 0) is 4.79 Å². The fraction of sp³-hybridized carbons (Fsp3) is 0.818. The highest BCUT2D eigenvalue weighted by Crippen LogP contribution is 2.12. The van der Waals surface area contributed by atoms with Gasteiger partial charge in [-0.3, -0.25) is 4.79 Å². The third-order valence-electron chi connectivity index (χ3n) is 2.69. The van der Waals surface area contributed by atoms with E-state index in [2.05, 4.69) is 17.4 Å². The fourth-order valence-electron chi connectivity index (χ4n) is 1.46. The summed E-state index contributed by atoms with van der Waals surface area (Å²) in [5, 5.41) is 14.1. The summed E-state index contributed by atoms with van der Waals surface area (Å²) in [6.45, 7) is 5.79. The number of nitrogens with zero attached hydrogens (tertiary/aromatic N) is 1. The highest BCUT2D eigenvalue weighted by molar-refractivity contribution is 5.90. The Labute approximate surface area is 97.1 Å². The summed E-state index contributed by atoms with van der Waals surface area (Å²) in [6.07, 6.45) is 3.83. The maximum atomic E-state index is 11.8. The average molecular weight is 229 g/mol. The molecule has 4 N–H and O–H groups in total. The first-order valence-corrected chi connectivity index (χ1v) is 5.84. The van der Waals surface area contributed by atoms with Crippen LogP contribution in [0.5, 0.6) is 0 Å². The first-order chi connectivity index (χ1) is 7.56. The van der Waals surface area contributed by atoms with Crippen molar-refractivity contribution in [2.24, 2.45) is 16.8 Å². The Bertz CT molecular complexity index is 241.